The zero-order valence-corrected chi connectivity index (χ0v) is 19.0. The van der Waals surface area contributed by atoms with Crippen molar-refractivity contribution in [1.29, 1.82) is 0 Å². The van der Waals surface area contributed by atoms with Crippen LogP contribution in [0, 0.1) is 0 Å². The summed E-state index contributed by atoms with van der Waals surface area (Å²) in [6.07, 6.45) is 5.51. The molecule has 172 valence electrons. The van der Waals surface area contributed by atoms with Gasteiger partial charge in [0.05, 0.1) is 5.70 Å². The third-order valence-electron chi connectivity index (χ3n) is 5.70. The molecule has 5 N–H and O–H groups in total. The zero-order valence-electron chi connectivity index (χ0n) is 19.0. The lowest BCUT2D eigenvalue weighted by Crippen LogP contribution is -2.35. The van der Waals surface area contributed by atoms with Gasteiger partial charge in [0.1, 0.15) is 17.7 Å². The predicted octanol–water partition coefficient (Wildman–Crippen LogP) is 3.02. The number of likely N-dealkylation sites (tertiary alicyclic amines) is 1. The number of aromatic nitrogens is 1. The van der Waals surface area contributed by atoms with Crippen LogP contribution in [0.1, 0.15) is 28.8 Å². The summed E-state index contributed by atoms with van der Waals surface area (Å²) in [6, 6.07) is 14.9. The van der Waals surface area contributed by atoms with Crippen LogP contribution in [0.15, 0.2) is 60.9 Å². The molecule has 0 spiro atoms. The van der Waals surface area contributed by atoms with Gasteiger partial charge in [0, 0.05) is 43.5 Å². The van der Waals surface area contributed by atoms with E-state index in [0.717, 1.165) is 42.3 Å². The van der Waals surface area contributed by atoms with Crippen molar-refractivity contribution in [3.05, 3.63) is 72.1 Å². The molecule has 3 aromatic rings. The highest BCUT2D eigenvalue weighted by atomic mass is 16.5. The Morgan fingerprint density at radius 2 is 1.94 bits per heavy atom. The number of amides is 1. The molecule has 0 aliphatic carbocycles. The fraction of sp³-hybridized carbons (Fsp3) is 0.280. The van der Waals surface area contributed by atoms with Crippen LogP contribution in [0.25, 0.3) is 16.5 Å². The lowest BCUT2D eigenvalue weighted by Gasteiger charge is -2.29. The summed E-state index contributed by atoms with van der Waals surface area (Å²) in [5, 5.41) is 6.14. The minimum atomic E-state index is -0.240. The van der Waals surface area contributed by atoms with Gasteiger partial charge < -0.3 is 25.7 Å². The van der Waals surface area contributed by atoms with Crippen molar-refractivity contribution in [3.63, 3.8) is 0 Å². The predicted molar refractivity (Wildman–Crippen MR) is 131 cm³/mol. The number of nitrogens with zero attached hydrogens (tertiary/aromatic N) is 3. The van der Waals surface area contributed by atoms with Crippen molar-refractivity contribution < 1.29 is 9.53 Å². The van der Waals surface area contributed by atoms with Gasteiger partial charge in [-0.1, -0.05) is 18.2 Å². The summed E-state index contributed by atoms with van der Waals surface area (Å²) in [5.74, 6) is 6.59. The fourth-order valence-corrected chi connectivity index (χ4v) is 3.88. The number of hydrazine groups is 1. The largest absolute Gasteiger partial charge is 0.490 e. The Labute approximate surface area is 193 Å². The first-order valence-corrected chi connectivity index (χ1v) is 11.0. The molecule has 33 heavy (non-hydrogen) atoms. The maximum Gasteiger partial charge on any atom is 0.256 e. The van der Waals surface area contributed by atoms with E-state index in [2.05, 4.69) is 22.2 Å². The number of rotatable bonds is 6. The molecule has 8 heteroatoms. The van der Waals surface area contributed by atoms with E-state index in [9.17, 15) is 4.79 Å². The highest BCUT2D eigenvalue weighted by Gasteiger charge is 2.18. The van der Waals surface area contributed by atoms with E-state index >= 15 is 0 Å². The van der Waals surface area contributed by atoms with E-state index in [4.69, 9.17) is 16.3 Å². The molecule has 1 fully saturated rings. The molecule has 4 rings (SSSR count). The number of anilines is 1. The van der Waals surface area contributed by atoms with E-state index in [-0.39, 0.29) is 12.0 Å². The maximum atomic E-state index is 12.9. The number of hydrogen-bond donors (Lipinski definition) is 3. The first kappa shape index (κ1) is 22.6. The van der Waals surface area contributed by atoms with Crippen LogP contribution in [-0.2, 0) is 0 Å². The number of piperidine rings is 1. The quantitative estimate of drug-likeness (QED) is 0.394. The number of benzene rings is 2. The van der Waals surface area contributed by atoms with Gasteiger partial charge in [0.15, 0.2) is 0 Å². The third-order valence-corrected chi connectivity index (χ3v) is 5.70. The average Bonchev–Trinajstić information content (AvgIpc) is 2.80. The first-order chi connectivity index (χ1) is 15.9. The molecule has 1 aliphatic heterocycles. The Morgan fingerprint density at radius 1 is 1.15 bits per heavy atom. The van der Waals surface area contributed by atoms with Crippen LogP contribution in [-0.4, -0.2) is 54.1 Å². The maximum absolute atomic E-state index is 12.9. The number of carbonyl (C=O) groups is 1. The van der Waals surface area contributed by atoms with Crippen LogP contribution in [0.4, 0.5) is 5.82 Å². The number of fused-ring (bicyclic) bond motifs is 1. The van der Waals surface area contributed by atoms with Crippen LogP contribution in [0.5, 0.6) is 5.75 Å². The van der Waals surface area contributed by atoms with Crippen LogP contribution < -0.4 is 21.6 Å². The SMILES string of the molecule is CN(N)/C=C(\N)c1ccc2cnc(NC(=O)c3cccc(OC4CCN(C)CC4)c3)cc2c1. The standard InChI is InChI=1S/C25H30N6O2/c1-30-10-8-21(9-11-30)33-22-5-3-4-18(13-22)25(32)29-24-14-20-12-17(23(26)16-31(2)27)6-7-19(20)15-28-24/h3-7,12-16,21H,8-11,26-27H2,1-2H3,(H,28,29,32)/b23-16-. The van der Waals surface area contributed by atoms with Crippen LogP contribution >= 0.6 is 0 Å². The smallest absolute Gasteiger partial charge is 0.256 e. The normalized spacial score (nSPS) is 15.4. The second-order valence-electron chi connectivity index (χ2n) is 8.48. The molecule has 1 aromatic heterocycles. The van der Waals surface area contributed by atoms with Gasteiger partial charge in [-0.15, -0.1) is 0 Å². The van der Waals surface area contributed by atoms with Gasteiger partial charge in [0.2, 0.25) is 0 Å². The molecular formula is C25H30N6O2. The molecule has 1 saturated heterocycles. The number of nitrogens with two attached hydrogens (primary N) is 2. The molecule has 1 aliphatic rings. The zero-order chi connectivity index (χ0) is 23.4. The van der Waals surface area contributed by atoms with Crippen molar-refractivity contribution >= 4 is 28.2 Å². The van der Waals surface area contributed by atoms with Crippen molar-refractivity contribution in [2.24, 2.45) is 11.6 Å². The van der Waals surface area contributed by atoms with Gasteiger partial charge in [-0.3, -0.25) is 4.79 Å². The van der Waals surface area contributed by atoms with Gasteiger partial charge in [0.25, 0.3) is 5.91 Å². The van der Waals surface area contributed by atoms with E-state index in [1.165, 1.54) is 5.01 Å². The monoisotopic (exact) mass is 446 g/mol. The summed E-state index contributed by atoms with van der Waals surface area (Å²) in [4.78, 5) is 19.5. The van der Waals surface area contributed by atoms with Gasteiger partial charge in [-0.05, 0) is 61.2 Å². The Morgan fingerprint density at radius 3 is 2.70 bits per heavy atom. The Kier molecular flexibility index (Phi) is 6.76. The molecule has 2 aromatic carbocycles. The van der Waals surface area contributed by atoms with Crippen molar-refractivity contribution in [2.45, 2.75) is 18.9 Å². The number of nitrogens with one attached hydrogen (secondary N) is 1. The average molecular weight is 447 g/mol. The van der Waals surface area contributed by atoms with E-state index in [1.54, 1.807) is 31.6 Å². The number of ether oxygens (including phenoxy) is 1. The van der Waals surface area contributed by atoms with E-state index < -0.39 is 0 Å². The second kappa shape index (κ2) is 9.89. The topological polar surface area (TPSA) is 110 Å². The van der Waals surface area contributed by atoms with Crippen molar-refractivity contribution in [1.82, 2.24) is 14.9 Å². The molecule has 0 saturated carbocycles. The van der Waals surface area contributed by atoms with Crippen molar-refractivity contribution in [3.8, 4) is 5.75 Å². The molecule has 1 amide bonds. The summed E-state index contributed by atoms with van der Waals surface area (Å²) >= 11 is 0. The molecule has 0 bridgehead atoms. The fourth-order valence-electron chi connectivity index (χ4n) is 3.88. The van der Waals surface area contributed by atoms with Crippen molar-refractivity contribution in [2.75, 3.05) is 32.5 Å². The molecule has 0 radical (unpaired) electrons. The molecule has 8 nitrogen and oxygen atoms in total. The molecular weight excluding hydrogens is 416 g/mol. The molecule has 2 heterocycles. The van der Waals surface area contributed by atoms with Crippen LogP contribution in [0.2, 0.25) is 0 Å². The minimum Gasteiger partial charge on any atom is -0.490 e. The Bertz CT molecular complexity index is 1170. The second-order valence-corrected chi connectivity index (χ2v) is 8.48. The number of carbonyl (C=O) groups excluding carboxylic acids is 1. The van der Waals surface area contributed by atoms with Crippen LogP contribution in [0.3, 0.4) is 0 Å². The summed E-state index contributed by atoms with van der Waals surface area (Å²) in [5.41, 5.74) is 8.01. The van der Waals surface area contributed by atoms with E-state index in [1.807, 2.05) is 36.4 Å². The highest BCUT2D eigenvalue weighted by Crippen LogP contribution is 2.23. The summed E-state index contributed by atoms with van der Waals surface area (Å²) in [6.45, 7) is 2.04. The Balaban J connectivity index is 1.48. The third kappa shape index (κ3) is 5.79. The lowest BCUT2D eigenvalue weighted by molar-refractivity contribution is 0.102. The lowest BCUT2D eigenvalue weighted by atomic mass is 10.1. The Hall–Kier alpha value is -3.62. The molecule has 0 unspecified atom stereocenters. The number of pyridine rings is 1. The summed E-state index contributed by atoms with van der Waals surface area (Å²) < 4.78 is 6.11. The van der Waals surface area contributed by atoms with E-state index in [0.29, 0.717) is 22.8 Å². The number of hydrogen-bond acceptors (Lipinski definition) is 7. The minimum absolute atomic E-state index is 0.177. The summed E-state index contributed by atoms with van der Waals surface area (Å²) in [7, 11) is 3.83. The highest BCUT2D eigenvalue weighted by molar-refractivity contribution is 6.04. The van der Waals surface area contributed by atoms with Gasteiger partial charge >= 0.3 is 0 Å². The van der Waals surface area contributed by atoms with Gasteiger partial charge in [-0.25, -0.2) is 10.8 Å². The molecule has 0 atom stereocenters. The first-order valence-electron chi connectivity index (χ1n) is 11.0. The van der Waals surface area contributed by atoms with Gasteiger partial charge in [-0.2, -0.15) is 0 Å².